The highest BCUT2D eigenvalue weighted by molar-refractivity contribution is 5.92. The van der Waals surface area contributed by atoms with Gasteiger partial charge in [0, 0.05) is 26.2 Å². The molecule has 0 aliphatic carbocycles. The summed E-state index contributed by atoms with van der Waals surface area (Å²) in [6, 6.07) is 12.6. The predicted molar refractivity (Wildman–Crippen MR) is 139 cm³/mol. The van der Waals surface area contributed by atoms with Crippen molar-refractivity contribution in [2.75, 3.05) is 26.8 Å². The van der Waals surface area contributed by atoms with E-state index in [0.29, 0.717) is 37.2 Å². The minimum absolute atomic E-state index is 0.111. The van der Waals surface area contributed by atoms with Crippen molar-refractivity contribution in [3.63, 3.8) is 0 Å². The number of piperidine rings is 1. The van der Waals surface area contributed by atoms with Crippen molar-refractivity contribution in [1.82, 2.24) is 14.8 Å². The minimum Gasteiger partial charge on any atom is -0.497 e. The van der Waals surface area contributed by atoms with Crippen LogP contribution in [0.1, 0.15) is 52.8 Å². The normalized spacial score (nSPS) is 15.8. The maximum atomic E-state index is 13.3. The summed E-state index contributed by atoms with van der Waals surface area (Å²) in [5, 5.41) is 0. The van der Waals surface area contributed by atoms with Gasteiger partial charge in [-0.05, 0) is 49.1 Å². The fourth-order valence-electron chi connectivity index (χ4n) is 4.75. The van der Waals surface area contributed by atoms with Crippen molar-refractivity contribution in [2.24, 2.45) is 5.92 Å². The van der Waals surface area contributed by atoms with Gasteiger partial charge in [0.25, 0.3) is 5.91 Å². The summed E-state index contributed by atoms with van der Waals surface area (Å²) < 4.78 is 56.0. The first-order chi connectivity index (χ1) is 19.2. The molecule has 0 saturated carbocycles. The van der Waals surface area contributed by atoms with E-state index in [9.17, 15) is 22.8 Å². The molecule has 1 atom stereocenters. The number of likely N-dealkylation sites (tertiary alicyclic amines) is 1. The molecular weight excluding hydrogens is 527 g/mol. The zero-order valence-corrected chi connectivity index (χ0v) is 22.4. The second kappa shape index (κ2) is 13.0. The third-order valence-electron chi connectivity index (χ3n) is 6.66. The number of benzene rings is 2. The molecule has 0 spiro atoms. The van der Waals surface area contributed by atoms with E-state index in [0.717, 1.165) is 17.7 Å². The Morgan fingerprint density at radius 1 is 1.10 bits per heavy atom. The molecule has 1 saturated heterocycles. The molecule has 8 nitrogen and oxygen atoms in total. The van der Waals surface area contributed by atoms with Gasteiger partial charge in [-0.25, -0.2) is 4.98 Å². The van der Waals surface area contributed by atoms with Gasteiger partial charge < -0.3 is 18.8 Å². The molecule has 1 fully saturated rings. The number of hydrogen-bond acceptors (Lipinski definition) is 7. The van der Waals surface area contributed by atoms with Crippen LogP contribution >= 0.6 is 0 Å². The van der Waals surface area contributed by atoms with Gasteiger partial charge >= 0.3 is 12.1 Å². The first-order valence-corrected chi connectivity index (χ1v) is 13.1. The number of hydrogen-bond donors (Lipinski definition) is 0. The molecule has 2 aromatic carbocycles. The predicted octanol–water partition coefficient (Wildman–Crippen LogP) is 5.32. The van der Waals surface area contributed by atoms with Crippen LogP contribution in [-0.4, -0.2) is 53.5 Å². The van der Waals surface area contributed by atoms with Gasteiger partial charge in [0.2, 0.25) is 5.89 Å². The molecule has 40 heavy (non-hydrogen) atoms. The second-order valence-electron chi connectivity index (χ2n) is 9.66. The summed E-state index contributed by atoms with van der Waals surface area (Å²) in [6.45, 7) is 3.46. The van der Waals surface area contributed by atoms with Crippen LogP contribution < -0.4 is 4.74 Å². The van der Waals surface area contributed by atoms with Crippen LogP contribution in [0.5, 0.6) is 5.75 Å². The van der Waals surface area contributed by atoms with E-state index in [1.807, 2.05) is 23.1 Å². The van der Waals surface area contributed by atoms with Gasteiger partial charge in [-0.1, -0.05) is 30.3 Å². The number of oxazole rings is 1. The van der Waals surface area contributed by atoms with E-state index in [4.69, 9.17) is 13.9 Å². The van der Waals surface area contributed by atoms with Crippen molar-refractivity contribution in [2.45, 2.75) is 45.6 Å². The number of esters is 1. The third kappa shape index (κ3) is 7.62. The molecule has 1 aromatic heterocycles. The van der Waals surface area contributed by atoms with Crippen molar-refractivity contribution < 1.29 is 36.7 Å². The highest BCUT2D eigenvalue weighted by Crippen LogP contribution is 2.30. The van der Waals surface area contributed by atoms with Gasteiger partial charge in [-0.3, -0.25) is 14.5 Å². The fourth-order valence-corrected chi connectivity index (χ4v) is 4.75. The smallest absolute Gasteiger partial charge is 0.416 e. The second-order valence-corrected chi connectivity index (χ2v) is 9.66. The number of rotatable bonds is 10. The molecule has 1 aliphatic rings. The Balaban J connectivity index is 1.50. The lowest BCUT2D eigenvalue weighted by Crippen LogP contribution is -2.43. The lowest BCUT2D eigenvalue weighted by atomic mass is 9.98. The molecular formula is C29H32F3N3O5. The molecule has 3 aromatic rings. The number of aromatic nitrogens is 1. The van der Waals surface area contributed by atoms with Crippen molar-refractivity contribution in [3.05, 3.63) is 83.1 Å². The number of ether oxygens (including phenoxy) is 2. The van der Waals surface area contributed by atoms with Crippen LogP contribution in [0.25, 0.3) is 0 Å². The van der Waals surface area contributed by atoms with Gasteiger partial charge in [0.1, 0.15) is 12.0 Å². The van der Waals surface area contributed by atoms with Crippen molar-refractivity contribution >= 4 is 11.9 Å². The number of carbonyl (C=O) groups is 2. The van der Waals surface area contributed by atoms with Crippen LogP contribution in [-0.2, 0) is 35.3 Å². The molecule has 0 radical (unpaired) electrons. The zero-order valence-electron chi connectivity index (χ0n) is 22.4. The third-order valence-corrected chi connectivity index (χ3v) is 6.66. The summed E-state index contributed by atoms with van der Waals surface area (Å²) in [6.07, 6.45) is -1.85. The van der Waals surface area contributed by atoms with Crippen LogP contribution in [0.15, 0.2) is 59.2 Å². The maximum Gasteiger partial charge on any atom is 0.416 e. The van der Waals surface area contributed by atoms with Crippen LogP contribution in [0.3, 0.4) is 0 Å². The maximum absolute atomic E-state index is 13.3. The van der Waals surface area contributed by atoms with E-state index in [1.54, 1.807) is 31.1 Å². The molecule has 4 rings (SSSR count). The molecule has 1 aliphatic heterocycles. The highest BCUT2D eigenvalue weighted by Gasteiger charge is 2.32. The number of alkyl halides is 3. The number of halogens is 3. The summed E-state index contributed by atoms with van der Waals surface area (Å²) in [7, 11) is 1.56. The monoisotopic (exact) mass is 559 g/mol. The van der Waals surface area contributed by atoms with E-state index < -0.39 is 11.7 Å². The fraction of sp³-hybridized carbons (Fsp3) is 0.414. The van der Waals surface area contributed by atoms with E-state index in [-0.39, 0.29) is 55.6 Å². The molecule has 214 valence electrons. The lowest BCUT2D eigenvalue weighted by molar-refractivity contribution is -0.149. The molecule has 0 unspecified atom stereocenters. The van der Waals surface area contributed by atoms with E-state index >= 15 is 0 Å². The van der Waals surface area contributed by atoms with Crippen molar-refractivity contribution in [1.29, 1.82) is 0 Å². The number of nitrogens with zero attached hydrogens (tertiary/aromatic N) is 3. The largest absolute Gasteiger partial charge is 0.497 e. The van der Waals surface area contributed by atoms with Gasteiger partial charge in [-0.15, -0.1) is 0 Å². The lowest BCUT2D eigenvalue weighted by Gasteiger charge is -2.30. The number of methoxy groups -OCH3 is 1. The van der Waals surface area contributed by atoms with Crippen molar-refractivity contribution in [3.8, 4) is 5.75 Å². The quantitative estimate of drug-likeness (QED) is 0.311. The average molecular weight is 560 g/mol. The topological polar surface area (TPSA) is 85.1 Å². The Bertz CT molecular complexity index is 1310. The standard InChI is InChI=1S/C29H32F3N3O5/c1-3-39-28(37)22-9-6-12-35(17-22)27(36)25-19-40-26(33-25)18-34(16-21-8-5-11-24(14-21)38-2)15-20-7-4-10-23(13-20)29(30,31)32/h4-5,7-8,10-11,13-14,19,22H,3,6,9,12,15-18H2,1-2H3/t22-/m0/s1. The molecule has 2 heterocycles. The van der Waals surface area contributed by atoms with E-state index in [1.165, 1.54) is 12.3 Å². The van der Waals surface area contributed by atoms with Crippen LogP contribution in [0, 0.1) is 5.92 Å². The van der Waals surface area contributed by atoms with Gasteiger partial charge in [0.15, 0.2) is 5.69 Å². The molecule has 11 heteroatoms. The van der Waals surface area contributed by atoms with Gasteiger partial charge in [0.05, 0.1) is 31.7 Å². The highest BCUT2D eigenvalue weighted by atomic mass is 19.4. The zero-order chi connectivity index (χ0) is 28.7. The molecule has 0 N–H and O–H groups in total. The number of carbonyl (C=O) groups excluding carboxylic acids is 2. The summed E-state index contributed by atoms with van der Waals surface area (Å²) in [5.41, 5.74) is 0.740. The van der Waals surface area contributed by atoms with E-state index in [2.05, 4.69) is 4.98 Å². The summed E-state index contributed by atoms with van der Waals surface area (Å²) in [5.74, 6) is -0.139. The first-order valence-electron chi connectivity index (χ1n) is 13.1. The summed E-state index contributed by atoms with van der Waals surface area (Å²) in [4.78, 5) is 33.1. The van der Waals surface area contributed by atoms with Crippen LogP contribution in [0.2, 0.25) is 0 Å². The first kappa shape index (κ1) is 29.1. The Hall–Kier alpha value is -3.86. The minimum atomic E-state index is -4.45. The Labute approximate surface area is 230 Å². The Kier molecular flexibility index (Phi) is 9.46. The Morgan fingerprint density at radius 2 is 1.82 bits per heavy atom. The van der Waals surface area contributed by atoms with Crippen LogP contribution in [0.4, 0.5) is 13.2 Å². The number of amides is 1. The summed E-state index contributed by atoms with van der Waals surface area (Å²) >= 11 is 0. The Morgan fingerprint density at radius 3 is 2.52 bits per heavy atom. The SMILES string of the molecule is CCOC(=O)[C@H]1CCCN(C(=O)c2coc(CN(Cc3cccc(OC)c3)Cc3cccc(C(F)(F)F)c3)n2)C1. The average Bonchev–Trinajstić information content (AvgIpc) is 3.41. The molecule has 0 bridgehead atoms. The van der Waals surface area contributed by atoms with Gasteiger partial charge in [-0.2, -0.15) is 13.2 Å². The molecule has 1 amide bonds.